The van der Waals surface area contributed by atoms with Crippen molar-refractivity contribution in [1.82, 2.24) is 0 Å². The maximum atomic E-state index is 13.9. The minimum Gasteiger partial charge on any atom is -0.399 e. The van der Waals surface area contributed by atoms with Crippen LogP contribution < -0.4 is 16.6 Å². The number of anilines is 1. The predicted octanol–water partition coefficient (Wildman–Crippen LogP) is 3.07. The molecule has 2 atom stereocenters. The lowest BCUT2D eigenvalue weighted by molar-refractivity contribution is -0.138. The number of rotatable bonds is 4. The average Bonchev–Trinajstić information content (AvgIpc) is 2.67. The van der Waals surface area contributed by atoms with Gasteiger partial charge in [-0.3, -0.25) is 0 Å². The molecule has 0 saturated heterocycles. The number of benzene rings is 2. The number of hydrogen-bond donors (Lipinski definition) is 3. The Morgan fingerprint density at radius 1 is 1.03 bits per heavy atom. The van der Waals surface area contributed by atoms with E-state index < -0.39 is 52.1 Å². The molecule has 33 heavy (non-hydrogen) atoms. The summed E-state index contributed by atoms with van der Waals surface area (Å²) in [5.41, 5.74) is 8.89. The van der Waals surface area contributed by atoms with Crippen molar-refractivity contribution in [3.05, 3.63) is 82.0 Å². The van der Waals surface area contributed by atoms with Crippen LogP contribution in [0.1, 0.15) is 18.1 Å². The first-order chi connectivity index (χ1) is 15.0. The van der Waals surface area contributed by atoms with Gasteiger partial charge in [-0.05, 0) is 48.9 Å². The van der Waals surface area contributed by atoms with E-state index in [0.717, 1.165) is 36.4 Å². The Kier molecular flexibility index (Phi) is 6.12. The highest BCUT2D eigenvalue weighted by atomic mass is 35.5. The molecule has 2 aromatic rings. The van der Waals surface area contributed by atoms with Gasteiger partial charge < -0.3 is 11.5 Å². The Balaban J connectivity index is 2.50. The first kappa shape index (κ1) is 25.1. The summed E-state index contributed by atoms with van der Waals surface area (Å²) in [4.78, 5) is -0.453. The molecule has 3 rings (SSSR count). The number of sulfonamides is 1. The summed E-state index contributed by atoms with van der Waals surface area (Å²) in [5.74, 6) is 0. The van der Waals surface area contributed by atoms with E-state index in [-0.39, 0.29) is 22.0 Å². The molecule has 0 radical (unpaired) electrons. The van der Waals surface area contributed by atoms with Crippen LogP contribution in [-0.2, 0) is 30.8 Å². The maximum Gasteiger partial charge on any atom is 0.416 e. The van der Waals surface area contributed by atoms with Crippen molar-refractivity contribution >= 4 is 37.1 Å². The number of hydrogen-bond acceptors (Lipinski definition) is 6. The molecule has 0 spiro atoms. The van der Waals surface area contributed by atoms with Gasteiger partial charge in [-0.15, -0.1) is 0 Å². The fourth-order valence-corrected chi connectivity index (χ4v) is 8.33. The molecular weight excluding hydrogens is 503 g/mol. The first-order valence-corrected chi connectivity index (χ1v) is 12.6. The summed E-state index contributed by atoms with van der Waals surface area (Å²) in [6.07, 6.45) is -3.12. The molecule has 2 aromatic carbocycles. The lowest BCUT2D eigenvalue weighted by Gasteiger charge is -2.40. The monoisotopic (exact) mass is 521 g/mol. The van der Waals surface area contributed by atoms with E-state index in [1.54, 1.807) is 0 Å². The van der Waals surface area contributed by atoms with Crippen LogP contribution in [0.15, 0.2) is 70.8 Å². The smallest absolute Gasteiger partial charge is 0.399 e. The van der Waals surface area contributed by atoms with E-state index in [4.69, 9.17) is 28.2 Å². The van der Waals surface area contributed by atoms with Crippen molar-refractivity contribution in [1.29, 1.82) is 0 Å². The molecule has 1 aliphatic rings. The molecule has 13 heteroatoms. The minimum atomic E-state index is -5.08. The topological polar surface area (TPSA) is 146 Å². The number of nitrogens with two attached hydrogens (primary N) is 3. The molecular formula is C20H19ClF3N3O4S2. The van der Waals surface area contributed by atoms with Gasteiger partial charge in [0.15, 0.2) is 14.6 Å². The van der Waals surface area contributed by atoms with Crippen LogP contribution >= 0.6 is 11.6 Å². The normalized spacial score (nSPS) is 21.9. The van der Waals surface area contributed by atoms with Crippen LogP contribution in [0.2, 0.25) is 5.02 Å². The van der Waals surface area contributed by atoms with Gasteiger partial charge in [0.05, 0.1) is 21.2 Å². The third-order valence-electron chi connectivity index (χ3n) is 5.31. The van der Waals surface area contributed by atoms with Crippen LogP contribution in [-0.4, -0.2) is 22.1 Å². The summed E-state index contributed by atoms with van der Waals surface area (Å²) in [6, 6.07) is 6.96. The van der Waals surface area contributed by atoms with Crippen LogP contribution in [0.3, 0.4) is 0 Å². The van der Waals surface area contributed by atoms with Crippen molar-refractivity contribution in [2.45, 2.75) is 28.0 Å². The van der Waals surface area contributed by atoms with Crippen LogP contribution in [0.5, 0.6) is 0 Å². The Morgan fingerprint density at radius 3 is 2.18 bits per heavy atom. The van der Waals surface area contributed by atoms with E-state index in [2.05, 4.69) is 0 Å². The fourth-order valence-electron chi connectivity index (χ4n) is 4.01. The number of sulfone groups is 1. The molecule has 0 bridgehead atoms. The Hall–Kier alpha value is -2.54. The van der Waals surface area contributed by atoms with E-state index in [1.807, 2.05) is 0 Å². The highest BCUT2D eigenvalue weighted by molar-refractivity contribution is 7.95. The largest absolute Gasteiger partial charge is 0.416 e. The van der Waals surface area contributed by atoms with E-state index in [0.29, 0.717) is 6.07 Å². The van der Waals surface area contributed by atoms with Gasteiger partial charge in [-0.2, -0.15) is 13.2 Å². The lowest BCUT2D eigenvalue weighted by Crippen LogP contribution is -2.54. The number of allylic oxidation sites excluding steroid dienone is 1. The first-order valence-electron chi connectivity index (χ1n) is 9.18. The number of alkyl halides is 3. The molecule has 0 heterocycles. The molecule has 0 aromatic heterocycles. The number of halogens is 4. The van der Waals surface area contributed by atoms with Crippen molar-refractivity contribution in [2.24, 2.45) is 10.9 Å². The zero-order chi connectivity index (χ0) is 25.0. The quantitative estimate of drug-likeness (QED) is 0.527. The summed E-state index contributed by atoms with van der Waals surface area (Å²) in [7, 11) is -9.79. The van der Waals surface area contributed by atoms with Crippen molar-refractivity contribution in [3.63, 3.8) is 0 Å². The van der Waals surface area contributed by atoms with Crippen molar-refractivity contribution in [3.8, 4) is 0 Å². The maximum absolute atomic E-state index is 13.9. The Morgan fingerprint density at radius 2 is 1.64 bits per heavy atom. The minimum absolute atomic E-state index is 0.0517. The molecule has 6 N–H and O–H groups in total. The number of primary sulfonamides is 1. The van der Waals surface area contributed by atoms with Crippen molar-refractivity contribution < 1.29 is 30.0 Å². The number of nitrogen functional groups attached to an aromatic ring is 1. The van der Waals surface area contributed by atoms with Crippen LogP contribution in [0.4, 0.5) is 18.9 Å². The second-order valence-corrected chi connectivity index (χ2v) is 11.7. The second-order valence-electron chi connectivity index (χ2n) is 7.52. The van der Waals surface area contributed by atoms with E-state index >= 15 is 0 Å². The van der Waals surface area contributed by atoms with Crippen molar-refractivity contribution in [2.75, 3.05) is 5.73 Å². The Labute approximate surface area is 193 Å². The van der Waals surface area contributed by atoms with Crippen LogP contribution in [0, 0.1) is 0 Å². The highest BCUT2D eigenvalue weighted by Crippen LogP contribution is 2.49. The molecule has 0 aliphatic heterocycles. The fraction of sp³-hybridized carbons (Fsp3) is 0.200. The van der Waals surface area contributed by atoms with Gasteiger partial charge in [0.25, 0.3) is 0 Å². The van der Waals surface area contributed by atoms with Gasteiger partial charge in [0.2, 0.25) is 10.0 Å². The van der Waals surface area contributed by atoms with Gasteiger partial charge in [0.1, 0.15) is 5.25 Å². The summed E-state index contributed by atoms with van der Waals surface area (Å²) in [6.45, 7) is 1.25. The zero-order valence-corrected chi connectivity index (χ0v) is 19.4. The molecule has 178 valence electrons. The third-order valence-corrected chi connectivity index (χ3v) is 9.58. The summed E-state index contributed by atoms with van der Waals surface area (Å²) in [5, 5.41) is 3.27. The van der Waals surface area contributed by atoms with Gasteiger partial charge in [-0.25, -0.2) is 22.0 Å². The Bertz CT molecular complexity index is 1400. The molecule has 7 nitrogen and oxygen atoms in total. The zero-order valence-electron chi connectivity index (χ0n) is 17.0. The van der Waals surface area contributed by atoms with Gasteiger partial charge in [0, 0.05) is 5.70 Å². The van der Waals surface area contributed by atoms with Gasteiger partial charge in [-0.1, -0.05) is 35.4 Å². The summed E-state index contributed by atoms with van der Waals surface area (Å²) >= 11 is 5.95. The second kappa shape index (κ2) is 8.05. The molecule has 0 amide bonds. The molecule has 2 unspecified atom stereocenters. The molecule has 1 aliphatic carbocycles. The SMILES string of the molecule is CC1=CC(N)=CC(c2ccccc2C(F)(F)F)(S(N)(=O)=O)C1S(=O)(=O)c1ccc(N)c(Cl)c1. The lowest BCUT2D eigenvalue weighted by atomic mass is 9.83. The average molecular weight is 522 g/mol. The van der Waals surface area contributed by atoms with E-state index in [1.165, 1.54) is 19.1 Å². The predicted molar refractivity (Wildman–Crippen MR) is 119 cm³/mol. The van der Waals surface area contributed by atoms with Crippen LogP contribution in [0.25, 0.3) is 0 Å². The third kappa shape index (κ3) is 4.12. The highest BCUT2D eigenvalue weighted by Gasteiger charge is 2.59. The molecule has 0 saturated carbocycles. The van der Waals surface area contributed by atoms with E-state index in [9.17, 15) is 30.0 Å². The standard InChI is InChI=1S/C20H19ClF3N3O4S2/c1-11-8-12(25)10-19(33(27,30)31,14-4-2-3-5-15(14)20(22,23)24)18(11)32(28,29)13-6-7-17(26)16(21)9-13/h2-10,18H,25-26H2,1H3,(H2,27,30,31). The summed E-state index contributed by atoms with van der Waals surface area (Å²) < 4.78 is 92.5. The molecule has 0 fully saturated rings. The van der Waals surface area contributed by atoms with Gasteiger partial charge >= 0.3 is 6.18 Å².